The smallest absolute Gasteiger partial charge is 0.137 e. The van der Waals surface area contributed by atoms with Gasteiger partial charge >= 0.3 is 0 Å². The molecule has 10 rings (SSSR count). The highest BCUT2D eigenvalue weighted by Gasteiger charge is 2.43. The van der Waals surface area contributed by atoms with E-state index in [0.717, 1.165) is 39.4 Å². The molecule has 3 heterocycles. The van der Waals surface area contributed by atoms with Crippen molar-refractivity contribution in [3.8, 4) is 17.3 Å². The van der Waals surface area contributed by atoms with E-state index in [-0.39, 0.29) is 27.1 Å². The van der Waals surface area contributed by atoms with E-state index in [1.54, 1.807) is 0 Å². The molecule has 0 N–H and O–H groups in total. The molecule has 7 aromatic carbocycles. The number of ether oxygens (including phenoxy) is 1. The van der Waals surface area contributed by atoms with Crippen molar-refractivity contribution in [3.63, 3.8) is 0 Å². The number of aromatic nitrogens is 2. The Kier molecular flexibility index (Phi) is 12.1. The number of fused-ring (bicyclic) bond motifs is 3. The number of allylic oxidation sites excluding steroid dienone is 2. The second kappa shape index (κ2) is 18.0. The molecule has 0 fully saturated rings. The second-order valence-corrected chi connectivity index (χ2v) is 23.5. The van der Waals surface area contributed by atoms with Gasteiger partial charge in [0, 0.05) is 78.9 Å². The first-order valence-corrected chi connectivity index (χ1v) is 25.6. The highest BCUT2D eigenvalue weighted by Crippen LogP contribution is 2.50. The molecule has 0 spiro atoms. The summed E-state index contributed by atoms with van der Waals surface area (Å²) in [6.07, 6.45) is 1.94. The predicted molar refractivity (Wildman–Crippen MR) is 303 cm³/mol. The number of para-hydroxylation sites is 1. The fourth-order valence-electron chi connectivity index (χ4n) is 11.1. The van der Waals surface area contributed by atoms with Gasteiger partial charge in [-0.2, -0.15) is 0 Å². The van der Waals surface area contributed by atoms with E-state index >= 15 is 0 Å². The molecule has 72 heavy (non-hydrogen) atoms. The SMILES string of the molecule is CC(C)(C)C1=C(C(C)(C)C)N(c2cc(C(C)(C)c3ccccc3)cc(C(C)(C)c3ccccc3)c2)CN1c1cccc(Oc2ccc3c4ccccc4n(-c4cc(C(C)(C)c5ccccc5)ccn4)c3c2)c1. The van der Waals surface area contributed by atoms with E-state index < -0.39 is 0 Å². The first-order chi connectivity index (χ1) is 34.2. The molecule has 1 aliphatic heterocycles. The fourth-order valence-corrected chi connectivity index (χ4v) is 11.1. The van der Waals surface area contributed by atoms with Crippen LogP contribution < -0.4 is 14.5 Å². The highest BCUT2D eigenvalue weighted by atomic mass is 16.5. The van der Waals surface area contributed by atoms with Crippen molar-refractivity contribution in [3.05, 3.63) is 239 Å². The lowest BCUT2D eigenvalue weighted by atomic mass is 9.73. The standard InChI is InChI=1S/C67H70N4O/c1-63(2,3)61-62(64(4,5)6)70(53-40-50(66(9,10)47-27-18-14-19-28-47)39-51(41-53)67(11,12)48-29-20-15-21-30-48)45-69(61)52-31-24-32-54(43-52)72-55-35-36-57-56-33-22-23-34-58(56)71(59(57)44-55)60-42-49(37-38-68-60)65(7,8)46-25-16-13-17-26-46/h13-44H,45H2,1-12H3. The maximum Gasteiger partial charge on any atom is 0.137 e. The van der Waals surface area contributed by atoms with Crippen molar-refractivity contribution in [2.75, 3.05) is 16.5 Å². The number of rotatable bonds is 11. The molecule has 0 saturated heterocycles. The van der Waals surface area contributed by atoms with Gasteiger partial charge in [0.15, 0.2) is 0 Å². The van der Waals surface area contributed by atoms with Gasteiger partial charge in [0.05, 0.1) is 17.7 Å². The first-order valence-electron chi connectivity index (χ1n) is 25.6. The Morgan fingerprint density at radius 3 is 1.42 bits per heavy atom. The van der Waals surface area contributed by atoms with Crippen LogP contribution in [0.15, 0.2) is 206 Å². The average Bonchev–Trinajstić information content (AvgIpc) is 3.96. The summed E-state index contributed by atoms with van der Waals surface area (Å²) in [4.78, 5) is 10.1. The van der Waals surface area contributed by atoms with E-state index in [4.69, 9.17) is 9.72 Å². The molecule has 0 bridgehead atoms. The third-order valence-electron chi connectivity index (χ3n) is 15.3. The van der Waals surface area contributed by atoms with Gasteiger partial charge in [0.1, 0.15) is 17.3 Å². The second-order valence-electron chi connectivity index (χ2n) is 23.5. The minimum atomic E-state index is -0.250. The van der Waals surface area contributed by atoms with Gasteiger partial charge < -0.3 is 14.5 Å². The van der Waals surface area contributed by atoms with Gasteiger partial charge in [0.2, 0.25) is 0 Å². The lowest BCUT2D eigenvalue weighted by Gasteiger charge is -2.36. The van der Waals surface area contributed by atoms with Crippen LogP contribution in [0.2, 0.25) is 0 Å². The number of pyridine rings is 1. The maximum absolute atomic E-state index is 6.94. The summed E-state index contributed by atoms with van der Waals surface area (Å²) >= 11 is 0. The summed E-state index contributed by atoms with van der Waals surface area (Å²) < 4.78 is 9.22. The van der Waals surface area contributed by atoms with Crippen molar-refractivity contribution in [1.82, 2.24) is 9.55 Å². The van der Waals surface area contributed by atoms with Gasteiger partial charge in [-0.05, 0) is 88.0 Å². The van der Waals surface area contributed by atoms with E-state index in [1.165, 1.54) is 55.8 Å². The van der Waals surface area contributed by atoms with E-state index in [2.05, 4.69) is 286 Å². The Morgan fingerprint density at radius 2 is 0.861 bits per heavy atom. The van der Waals surface area contributed by atoms with Gasteiger partial charge in [-0.3, -0.25) is 4.57 Å². The molecular formula is C67H70N4O. The molecule has 0 unspecified atom stereocenters. The molecule has 0 saturated carbocycles. The Bertz CT molecular complexity index is 3390. The molecule has 0 atom stereocenters. The third kappa shape index (κ3) is 8.78. The van der Waals surface area contributed by atoms with Crippen LogP contribution in [0.25, 0.3) is 27.6 Å². The molecule has 1 aliphatic rings. The van der Waals surface area contributed by atoms with Crippen LogP contribution in [-0.4, -0.2) is 16.2 Å². The molecule has 364 valence electrons. The summed E-state index contributed by atoms with van der Waals surface area (Å²) in [5.74, 6) is 2.42. The summed E-state index contributed by atoms with van der Waals surface area (Å²) in [5.41, 5.74) is 13.6. The van der Waals surface area contributed by atoms with Gasteiger partial charge in [-0.25, -0.2) is 4.98 Å². The molecule has 5 heteroatoms. The number of anilines is 2. The monoisotopic (exact) mass is 947 g/mol. The normalized spacial score (nSPS) is 13.9. The van der Waals surface area contributed by atoms with Crippen molar-refractivity contribution in [2.45, 2.75) is 99.3 Å². The average molecular weight is 947 g/mol. The van der Waals surface area contributed by atoms with Crippen LogP contribution in [0.1, 0.15) is 116 Å². The summed E-state index contributed by atoms with van der Waals surface area (Å²) in [5, 5.41) is 2.33. The zero-order valence-electron chi connectivity index (χ0n) is 44.4. The molecule has 5 nitrogen and oxygen atoms in total. The van der Waals surface area contributed by atoms with Crippen LogP contribution in [-0.2, 0) is 16.2 Å². The molecule has 0 amide bonds. The van der Waals surface area contributed by atoms with E-state index in [1.807, 2.05) is 6.20 Å². The molecule has 9 aromatic rings. The lowest BCUT2D eigenvalue weighted by Crippen LogP contribution is -2.32. The highest BCUT2D eigenvalue weighted by molar-refractivity contribution is 6.09. The van der Waals surface area contributed by atoms with Crippen LogP contribution in [0.3, 0.4) is 0 Å². The summed E-state index contributed by atoms with van der Waals surface area (Å²) in [7, 11) is 0. The van der Waals surface area contributed by atoms with Crippen LogP contribution >= 0.6 is 0 Å². The topological polar surface area (TPSA) is 33.5 Å². The number of hydrogen-bond donors (Lipinski definition) is 0. The molecular weight excluding hydrogens is 877 g/mol. The lowest BCUT2D eigenvalue weighted by molar-refractivity contribution is 0.444. The van der Waals surface area contributed by atoms with Crippen LogP contribution in [0.5, 0.6) is 11.5 Å². The quantitative estimate of drug-likeness (QED) is 0.129. The Morgan fingerprint density at radius 1 is 0.375 bits per heavy atom. The van der Waals surface area contributed by atoms with E-state index in [0.29, 0.717) is 6.67 Å². The van der Waals surface area contributed by atoms with Crippen molar-refractivity contribution in [1.29, 1.82) is 0 Å². The Hall–Kier alpha value is -7.37. The van der Waals surface area contributed by atoms with Crippen molar-refractivity contribution in [2.24, 2.45) is 10.8 Å². The first kappa shape index (κ1) is 48.3. The predicted octanol–water partition coefficient (Wildman–Crippen LogP) is 17.5. The number of hydrogen-bond acceptors (Lipinski definition) is 4. The fraction of sp³-hybridized carbons (Fsp3) is 0.269. The third-order valence-corrected chi connectivity index (χ3v) is 15.3. The summed E-state index contributed by atoms with van der Waals surface area (Å²) in [6.45, 7) is 28.8. The largest absolute Gasteiger partial charge is 0.457 e. The molecule has 2 aromatic heterocycles. The summed E-state index contributed by atoms with van der Waals surface area (Å²) in [6, 6.07) is 68.1. The van der Waals surface area contributed by atoms with Crippen molar-refractivity contribution >= 4 is 33.2 Å². The minimum absolute atomic E-state index is 0.189. The minimum Gasteiger partial charge on any atom is -0.457 e. The Balaban J connectivity index is 1.05. The van der Waals surface area contributed by atoms with E-state index in [9.17, 15) is 0 Å². The molecule has 0 aliphatic carbocycles. The molecule has 0 radical (unpaired) electrons. The van der Waals surface area contributed by atoms with Crippen molar-refractivity contribution < 1.29 is 4.74 Å². The Labute approximate surface area is 428 Å². The van der Waals surface area contributed by atoms with Gasteiger partial charge in [-0.1, -0.05) is 204 Å². The van der Waals surface area contributed by atoms with Gasteiger partial charge in [0.25, 0.3) is 0 Å². The van der Waals surface area contributed by atoms with Crippen LogP contribution in [0.4, 0.5) is 11.4 Å². The number of benzene rings is 7. The number of nitrogens with zero attached hydrogens (tertiary/aromatic N) is 4. The zero-order chi connectivity index (χ0) is 50.8. The van der Waals surface area contributed by atoms with Gasteiger partial charge in [-0.15, -0.1) is 0 Å². The maximum atomic E-state index is 6.94. The zero-order valence-corrected chi connectivity index (χ0v) is 44.4. The van der Waals surface area contributed by atoms with Crippen LogP contribution in [0, 0.1) is 10.8 Å².